The number of benzene rings is 1. The molecule has 0 spiro atoms. The van der Waals surface area contributed by atoms with E-state index in [4.69, 9.17) is 21.3 Å². The van der Waals surface area contributed by atoms with Crippen molar-refractivity contribution in [2.75, 3.05) is 5.73 Å². The van der Waals surface area contributed by atoms with Crippen molar-refractivity contribution in [2.45, 2.75) is 0 Å². The van der Waals surface area contributed by atoms with Crippen LogP contribution in [0.4, 0.5) is 5.69 Å². The van der Waals surface area contributed by atoms with Crippen molar-refractivity contribution in [2.24, 2.45) is 5.73 Å². The number of anilines is 1. The highest BCUT2D eigenvalue weighted by Crippen LogP contribution is 2.29. The Hall–Kier alpha value is -3.09. The van der Waals surface area contributed by atoms with Gasteiger partial charge in [0.05, 0.1) is 11.1 Å². The lowest BCUT2D eigenvalue weighted by atomic mass is 10.2. The molecule has 0 aliphatic heterocycles. The average Bonchev–Trinajstić information content (AvgIpc) is 2.41. The molecule has 0 atom stereocenters. The second kappa shape index (κ2) is 5.27. The highest BCUT2D eigenvalue weighted by Gasteiger charge is 2.16. The molecule has 2 aromatic rings. The van der Waals surface area contributed by atoms with Gasteiger partial charge >= 0.3 is 5.97 Å². The van der Waals surface area contributed by atoms with Crippen molar-refractivity contribution in [3.63, 3.8) is 0 Å². The third-order valence-electron chi connectivity index (χ3n) is 2.54. The zero-order valence-corrected chi connectivity index (χ0v) is 10.2. The maximum atomic E-state index is 11.3. The van der Waals surface area contributed by atoms with E-state index in [-0.39, 0.29) is 28.4 Å². The van der Waals surface area contributed by atoms with Crippen LogP contribution in [0.2, 0.25) is 0 Å². The van der Waals surface area contributed by atoms with Gasteiger partial charge in [0.25, 0.3) is 5.91 Å². The van der Waals surface area contributed by atoms with Gasteiger partial charge in [-0.3, -0.25) is 4.79 Å². The summed E-state index contributed by atoms with van der Waals surface area (Å²) in [7, 11) is 0. The van der Waals surface area contributed by atoms with Gasteiger partial charge in [-0.1, -0.05) is 12.1 Å². The fourth-order valence-electron chi connectivity index (χ4n) is 1.59. The summed E-state index contributed by atoms with van der Waals surface area (Å²) in [6.45, 7) is 0. The minimum Gasteiger partial charge on any atom is -0.478 e. The van der Waals surface area contributed by atoms with Crippen LogP contribution in [-0.4, -0.2) is 22.0 Å². The summed E-state index contributed by atoms with van der Waals surface area (Å²) >= 11 is 0. The van der Waals surface area contributed by atoms with Gasteiger partial charge in [-0.15, -0.1) is 0 Å². The Balaban J connectivity index is 2.43. The number of pyridine rings is 1. The van der Waals surface area contributed by atoms with Gasteiger partial charge in [-0.25, -0.2) is 9.78 Å². The molecule has 7 nitrogen and oxygen atoms in total. The van der Waals surface area contributed by atoms with Crippen LogP contribution in [0.1, 0.15) is 20.7 Å². The maximum absolute atomic E-state index is 11.3. The van der Waals surface area contributed by atoms with Crippen molar-refractivity contribution >= 4 is 17.6 Å². The third kappa shape index (κ3) is 2.51. The van der Waals surface area contributed by atoms with Gasteiger partial charge in [-0.05, 0) is 18.2 Å². The van der Waals surface area contributed by atoms with E-state index in [1.165, 1.54) is 24.4 Å². The summed E-state index contributed by atoms with van der Waals surface area (Å²) < 4.78 is 5.39. The Morgan fingerprint density at radius 2 is 1.85 bits per heavy atom. The van der Waals surface area contributed by atoms with E-state index in [1.54, 1.807) is 12.1 Å². The Morgan fingerprint density at radius 3 is 2.50 bits per heavy atom. The summed E-state index contributed by atoms with van der Waals surface area (Å²) in [4.78, 5) is 26.1. The number of nitrogen functional groups attached to an aromatic ring is 1. The first-order valence-electron chi connectivity index (χ1n) is 5.55. The number of rotatable bonds is 4. The van der Waals surface area contributed by atoms with Gasteiger partial charge in [0.15, 0.2) is 0 Å². The van der Waals surface area contributed by atoms with Gasteiger partial charge < -0.3 is 21.3 Å². The SMILES string of the molecule is NC(=O)c1ccccc1Oc1nccc(C(=O)O)c1N. The molecule has 1 aromatic heterocycles. The molecule has 0 aliphatic carbocycles. The number of carbonyl (C=O) groups excluding carboxylic acids is 1. The van der Waals surface area contributed by atoms with E-state index in [0.29, 0.717) is 0 Å². The third-order valence-corrected chi connectivity index (χ3v) is 2.54. The number of carboxylic acid groups (broad SMARTS) is 1. The van der Waals surface area contributed by atoms with Crippen LogP contribution in [0.15, 0.2) is 36.5 Å². The Morgan fingerprint density at radius 1 is 1.15 bits per heavy atom. The van der Waals surface area contributed by atoms with Gasteiger partial charge in [0.2, 0.25) is 5.88 Å². The summed E-state index contributed by atoms with van der Waals surface area (Å²) in [6.07, 6.45) is 1.25. The number of carboxylic acids is 1. The molecule has 1 aromatic carbocycles. The van der Waals surface area contributed by atoms with E-state index < -0.39 is 11.9 Å². The lowest BCUT2D eigenvalue weighted by Crippen LogP contribution is -2.12. The number of primary amides is 1. The molecule has 102 valence electrons. The van der Waals surface area contributed by atoms with Crippen LogP contribution in [0.3, 0.4) is 0 Å². The number of carbonyl (C=O) groups is 2. The van der Waals surface area contributed by atoms with Gasteiger partial charge in [-0.2, -0.15) is 0 Å². The van der Waals surface area contributed by atoms with E-state index in [2.05, 4.69) is 4.98 Å². The lowest BCUT2D eigenvalue weighted by molar-refractivity contribution is 0.0697. The monoisotopic (exact) mass is 273 g/mol. The van der Waals surface area contributed by atoms with Crippen LogP contribution >= 0.6 is 0 Å². The molecule has 1 amide bonds. The molecular weight excluding hydrogens is 262 g/mol. The van der Waals surface area contributed by atoms with E-state index in [1.807, 2.05) is 0 Å². The number of nitrogens with zero attached hydrogens (tertiary/aromatic N) is 1. The molecule has 0 fully saturated rings. The lowest BCUT2D eigenvalue weighted by Gasteiger charge is -2.10. The highest BCUT2D eigenvalue weighted by atomic mass is 16.5. The zero-order chi connectivity index (χ0) is 14.7. The average molecular weight is 273 g/mol. The number of para-hydroxylation sites is 1. The van der Waals surface area contributed by atoms with Crippen molar-refractivity contribution in [3.8, 4) is 11.6 Å². The van der Waals surface area contributed by atoms with Crippen LogP contribution in [-0.2, 0) is 0 Å². The zero-order valence-electron chi connectivity index (χ0n) is 10.2. The largest absolute Gasteiger partial charge is 0.478 e. The highest BCUT2D eigenvalue weighted by molar-refractivity contribution is 5.96. The van der Waals surface area contributed by atoms with Crippen LogP contribution in [0, 0.1) is 0 Å². The van der Waals surface area contributed by atoms with Crippen molar-refractivity contribution in [3.05, 3.63) is 47.7 Å². The van der Waals surface area contributed by atoms with E-state index >= 15 is 0 Å². The molecule has 0 bridgehead atoms. The van der Waals surface area contributed by atoms with Crippen molar-refractivity contribution in [1.82, 2.24) is 4.98 Å². The van der Waals surface area contributed by atoms with Gasteiger partial charge in [0, 0.05) is 6.20 Å². The molecule has 20 heavy (non-hydrogen) atoms. The Bertz CT molecular complexity index is 685. The maximum Gasteiger partial charge on any atom is 0.338 e. The van der Waals surface area contributed by atoms with Crippen molar-refractivity contribution < 1.29 is 19.4 Å². The number of amides is 1. The normalized spacial score (nSPS) is 10.0. The first-order chi connectivity index (χ1) is 9.50. The molecule has 2 rings (SSSR count). The van der Waals surface area contributed by atoms with E-state index in [0.717, 1.165) is 0 Å². The molecular formula is C13H11N3O4. The number of aromatic nitrogens is 1. The Kier molecular flexibility index (Phi) is 3.52. The summed E-state index contributed by atoms with van der Waals surface area (Å²) in [5, 5.41) is 8.96. The fraction of sp³-hybridized carbons (Fsp3) is 0. The standard InChI is InChI=1S/C13H11N3O4/c14-10-8(13(18)19)5-6-16-12(10)20-9-4-2-1-3-7(9)11(15)17/h1-6H,14H2,(H2,15,17)(H,18,19). The minimum absolute atomic E-state index is 0.0985. The molecule has 7 heteroatoms. The molecule has 5 N–H and O–H groups in total. The van der Waals surface area contributed by atoms with Crippen LogP contribution in [0.5, 0.6) is 11.6 Å². The molecule has 0 radical (unpaired) electrons. The summed E-state index contributed by atoms with van der Waals surface area (Å²) in [5.74, 6) is -1.81. The first kappa shape index (κ1) is 13.3. The summed E-state index contributed by atoms with van der Waals surface area (Å²) in [6, 6.07) is 7.50. The molecule has 0 saturated heterocycles. The smallest absolute Gasteiger partial charge is 0.338 e. The topological polar surface area (TPSA) is 129 Å². The second-order valence-corrected chi connectivity index (χ2v) is 3.84. The molecule has 0 aliphatic rings. The number of hydrogen-bond donors (Lipinski definition) is 3. The summed E-state index contributed by atoms with van der Waals surface area (Å²) in [5.41, 5.74) is 10.8. The number of ether oxygens (including phenoxy) is 1. The minimum atomic E-state index is -1.20. The fourth-order valence-corrected chi connectivity index (χ4v) is 1.59. The van der Waals surface area contributed by atoms with Crippen molar-refractivity contribution in [1.29, 1.82) is 0 Å². The first-order valence-corrected chi connectivity index (χ1v) is 5.55. The van der Waals surface area contributed by atoms with Gasteiger partial charge in [0.1, 0.15) is 11.4 Å². The molecule has 0 unspecified atom stereocenters. The Labute approximate surface area is 113 Å². The predicted molar refractivity (Wildman–Crippen MR) is 70.6 cm³/mol. The van der Waals surface area contributed by atoms with Crippen LogP contribution < -0.4 is 16.2 Å². The quantitative estimate of drug-likeness (QED) is 0.768. The second-order valence-electron chi connectivity index (χ2n) is 3.84. The number of aromatic carboxylic acids is 1. The molecule has 1 heterocycles. The predicted octanol–water partition coefficient (Wildman–Crippen LogP) is 1.25. The van der Waals surface area contributed by atoms with E-state index in [9.17, 15) is 9.59 Å². The van der Waals surface area contributed by atoms with Crippen LogP contribution in [0.25, 0.3) is 0 Å². The molecule has 0 saturated carbocycles. The number of nitrogens with two attached hydrogens (primary N) is 2. The number of hydrogen-bond acceptors (Lipinski definition) is 5.